The minimum Gasteiger partial charge on any atom is -0.491 e. The Hall–Kier alpha value is -4.34. The summed E-state index contributed by atoms with van der Waals surface area (Å²) in [5.41, 5.74) is 9.33. The lowest BCUT2D eigenvalue weighted by Gasteiger charge is -2.27. The molecular formula is C31H37N3O6. The Morgan fingerprint density at radius 2 is 1.73 bits per heavy atom. The summed E-state index contributed by atoms with van der Waals surface area (Å²) in [5.74, 6) is 0.288. The number of aliphatic hydroxyl groups excluding tert-OH is 1. The van der Waals surface area contributed by atoms with Crippen molar-refractivity contribution in [3.63, 3.8) is 0 Å². The van der Waals surface area contributed by atoms with Crippen LogP contribution in [-0.2, 0) is 14.3 Å². The number of hydrogen-bond acceptors (Lipinski definition) is 7. The van der Waals surface area contributed by atoms with E-state index in [0.717, 1.165) is 11.1 Å². The normalized spacial score (nSPS) is 12.5. The van der Waals surface area contributed by atoms with Crippen LogP contribution in [0.5, 0.6) is 5.75 Å². The Balaban J connectivity index is 1.71. The molecule has 0 heterocycles. The van der Waals surface area contributed by atoms with E-state index in [1.54, 1.807) is 66.7 Å². The van der Waals surface area contributed by atoms with E-state index in [2.05, 4.69) is 10.6 Å². The van der Waals surface area contributed by atoms with E-state index >= 15 is 0 Å². The van der Waals surface area contributed by atoms with Gasteiger partial charge >= 0.3 is 6.09 Å². The lowest BCUT2D eigenvalue weighted by molar-refractivity contribution is -0.111. The number of benzene rings is 3. The molecule has 0 unspecified atom stereocenters. The lowest BCUT2D eigenvalue weighted by atomic mass is 10.00. The number of aryl methyl sites for hydroxylation is 1. The van der Waals surface area contributed by atoms with E-state index in [9.17, 15) is 9.59 Å². The Labute approximate surface area is 234 Å². The number of para-hydroxylation sites is 2. The lowest BCUT2D eigenvalue weighted by Crippen LogP contribution is -2.29. The van der Waals surface area contributed by atoms with Crippen LogP contribution in [0.2, 0.25) is 0 Å². The zero-order valence-corrected chi connectivity index (χ0v) is 22.8. The van der Waals surface area contributed by atoms with E-state index in [1.165, 1.54) is 6.08 Å². The molecule has 0 fully saturated rings. The first-order valence-electron chi connectivity index (χ1n) is 13.2. The number of ether oxygens (including phenoxy) is 3. The third-order valence-electron chi connectivity index (χ3n) is 5.92. The maximum atomic E-state index is 12.9. The van der Waals surface area contributed by atoms with E-state index in [1.807, 2.05) is 26.0 Å². The van der Waals surface area contributed by atoms with Crippen LogP contribution in [0, 0.1) is 6.92 Å². The minimum atomic E-state index is -0.733. The molecule has 3 rings (SSSR count). The van der Waals surface area contributed by atoms with Crippen molar-refractivity contribution in [1.29, 1.82) is 0 Å². The summed E-state index contributed by atoms with van der Waals surface area (Å²) in [6, 6.07) is 21.5. The number of carbonyl (C=O) groups excluding carboxylic acids is 2. The first-order valence-corrected chi connectivity index (χ1v) is 13.2. The van der Waals surface area contributed by atoms with Crippen molar-refractivity contribution in [3.8, 4) is 5.75 Å². The molecule has 0 aliphatic carbocycles. The zero-order valence-electron chi connectivity index (χ0n) is 22.8. The van der Waals surface area contributed by atoms with Gasteiger partial charge in [0.2, 0.25) is 5.91 Å². The first kappa shape index (κ1) is 30.2. The summed E-state index contributed by atoms with van der Waals surface area (Å²) in [6.07, 6.45) is 2.34. The molecule has 0 bridgehead atoms. The summed E-state index contributed by atoms with van der Waals surface area (Å²) >= 11 is 0. The van der Waals surface area contributed by atoms with Gasteiger partial charge in [0.05, 0.1) is 24.1 Å². The van der Waals surface area contributed by atoms with Crippen LogP contribution >= 0.6 is 0 Å². The molecule has 3 aromatic rings. The van der Waals surface area contributed by atoms with Gasteiger partial charge in [0.15, 0.2) is 6.10 Å². The highest BCUT2D eigenvalue weighted by Gasteiger charge is 2.27. The second-order valence-electron chi connectivity index (χ2n) is 9.01. The number of allylic oxidation sites excluding steroid dienone is 1. The molecule has 0 spiro atoms. The fourth-order valence-corrected chi connectivity index (χ4v) is 3.95. The highest BCUT2D eigenvalue weighted by molar-refractivity contribution is 6.01. The quantitative estimate of drug-likeness (QED) is 0.152. The number of anilines is 3. The van der Waals surface area contributed by atoms with Gasteiger partial charge in [-0.1, -0.05) is 48.0 Å². The second-order valence-corrected chi connectivity index (χ2v) is 9.01. The molecule has 0 aromatic heterocycles. The molecule has 9 heteroatoms. The molecular weight excluding hydrogens is 510 g/mol. The fraction of sp³-hybridized carbons (Fsp3) is 0.290. The number of aliphatic hydroxyl groups is 1. The van der Waals surface area contributed by atoms with Crippen molar-refractivity contribution in [2.45, 2.75) is 38.9 Å². The van der Waals surface area contributed by atoms with Crippen LogP contribution in [0.15, 0.2) is 84.9 Å². The first-order chi connectivity index (χ1) is 19.4. The highest BCUT2D eigenvalue weighted by Crippen LogP contribution is 2.29. The molecule has 0 radical (unpaired) electrons. The molecule has 2 atom stereocenters. The largest absolute Gasteiger partial charge is 0.491 e. The maximum Gasteiger partial charge on any atom is 0.412 e. The van der Waals surface area contributed by atoms with Crippen LogP contribution in [0.4, 0.5) is 21.9 Å². The number of carbonyl (C=O) groups is 2. The van der Waals surface area contributed by atoms with Crippen molar-refractivity contribution < 1.29 is 28.9 Å². The third kappa shape index (κ3) is 9.76. The molecule has 0 aliphatic heterocycles. The predicted molar refractivity (Wildman–Crippen MR) is 156 cm³/mol. The SMILES string of the molecule is CCO[C@@H](CC/C=C/C(=O)Nc1ccccc1N)[C@@H](OC(=O)Nc1ccc(C)cc1)c1ccc(OCCO)cc1. The van der Waals surface area contributed by atoms with E-state index < -0.39 is 18.3 Å². The molecule has 5 N–H and O–H groups in total. The van der Waals surface area contributed by atoms with Gasteiger partial charge in [-0.2, -0.15) is 0 Å². The Kier molecular flexibility index (Phi) is 12.0. The van der Waals surface area contributed by atoms with E-state index in [0.29, 0.717) is 42.3 Å². The van der Waals surface area contributed by atoms with Crippen LogP contribution in [0.25, 0.3) is 0 Å². The Bertz CT molecular complexity index is 1240. The standard InChI is InChI=1S/C31H37N3O6/c1-3-38-28(10-6-7-11-29(36)34-27-9-5-4-8-26(27)32)30(23-14-18-25(19-15-23)39-21-20-35)40-31(37)33-24-16-12-22(2)13-17-24/h4-5,7-9,11-19,28,30,35H,3,6,10,20-21,32H2,1-2H3,(H,33,37)(H,34,36)/b11-7+/t28-,30-/m0/s1. The number of amides is 2. The van der Waals surface area contributed by atoms with Gasteiger partial charge in [-0.05, 0) is 74.7 Å². The average Bonchev–Trinajstić information content (AvgIpc) is 2.95. The molecule has 3 aromatic carbocycles. The fourth-order valence-electron chi connectivity index (χ4n) is 3.95. The van der Waals surface area contributed by atoms with Gasteiger partial charge in [0.1, 0.15) is 12.4 Å². The minimum absolute atomic E-state index is 0.0939. The number of hydrogen-bond donors (Lipinski definition) is 4. The number of nitrogens with one attached hydrogen (secondary N) is 2. The summed E-state index contributed by atoms with van der Waals surface area (Å²) in [4.78, 5) is 25.2. The van der Waals surface area contributed by atoms with Crippen molar-refractivity contribution in [2.75, 3.05) is 36.2 Å². The van der Waals surface area contributed by atoms with Crippen LogP contribution < -0.4 is 21.1 Å². The zero-order chi connectivity index (χ0) is 28.7. The number of nitrogen functional groups attached to an aromatic ring is 1. The van der Waals surface area contributed by atoms with Gasteiger partial charge < -0.3 is 30.4 Å². The van der Waals surface area contributed by atoms with Crippen LogP contribution in [0.3, 0.4) is 0 Å². The molecule has 9 nitrogen and oxygen atoms in total. The second kappa shape index (κ2) is 15.9. The molecule has 40 heavy (non-hydrogen) atoms. The van der Waals surface area contributed by atoms with Crippen molar-refractivity contribution in [3.05, 3.63) is 96.1 Å². The third-order valence-corrected chi connectivity index (χ3v) is 5.92. The van der Waals surface area contributed by atoms with Crippen molar-refractivity contribution in [1.82, 2.24) is 0 Å². The van der Waals surface area contributed by atoms with Gasteiger partial charge in [0, 0.05) is 12.3 Å². The van der Waals surface area contributed by atoms with Crippen LogP contribution in [0.1, 0.15) is 37.0 Å². The molecule has 2 amide bonds. The van der Waals surface area contributed by atoms with Gasteiger partial charge in [-0.3, -0.25) is 10.1 Å². The van der Waals surface area contributed by atoms with Crippen molar-refractivity contribution in [2.24, 2.45) is 0 Å². The van der Waals surface area contributed by atoms with Crippen molar-refractivity contribution >= 4 is 29.1 Å². The number of nitrogens with two attached hydrogens (primary N) is 1. The maximum absolute atomic E-state index is 12.9. The molecule has 0 saturated carbocycles. The van der Waals surface area contributed by atoms with Crippen LogP contribution in [-0.4, -0.2) is 43.0 Å². The van der Waals surface area contributed by atoms with E-state index in [-0.39, 0.29) is 19.1 Å². The Morgan fingerprint density at radius 1 is 1.00 bits per heavy atom. The van der Waals surface area contributed by atoms with E-state index in [4.69, 9.17) is 25.1 Å². The highest BCUT2D eigenvalue weighted by atomic mass is 16.6. The molecule has 0 saturated heterocycles. The van der Waals surface area contributed by atoms with Gasteiger partial charge in [0.25, 0.3) is 0 Å². The summed E-state index contributed by atoms with van der Waals surface area (Å²) in [7, 11) is 0. The summed E-state index contributed by atoms with van der Waals surface area (Å²) in [6.45, 7) is 4.32. The monoisotopic (exact) mass is 547 g/mol. The summed E-state index contributed by atoms with van der Waals surface area (Å²) in [5, 5.41) is 14.5. The molecule has 0 aliphatic rings. The average molecular weight is 548 g/mol. The van der Waals surface area contributed by atoms with Gasteiger partial charge in [-0.15, -0.1) is 0 Å². The van der Waals surface area contributed by atoms with Gasteiger partial charge in [-0.25, -0.2) is 4.79 Å². The smallest absolute Gasteiger partial charge is 0.412 e. The number of rotatable bonds is 14. The summed E-state index contributed by atoms with van der Waals surface area (Å²) < 4.78 is 17.4. The molecule has 212 valence electrons. The topological polar surface area (TPSA) is 132 Å². The predicted octanol–water partition coefficient (Wildman–Crippen LogP) is 5.62. The Morgan fingerprint density at radius 3 is 2.40 bits per heavy atom.